The molecule has 0 aromatic heterocycles. The van der Waals surface area contributed by atoms with Gasteiger partial charge in [0.2, 0.25) is 11.8 Å². The van der Waals surface area contributed by atoms with Crippen molar-refractivity contribution in [3.63, 3.8) is 0 Å². The van der Waals surface area contributed by atoms with Gasteiger partial charge >= 0.3 is 0 Å². The standard InChI is InChI=1S/C12H14BrN3O4/c13-6-3-9-10(20-2-1-19-9)5-8(6)16-12(18)7(14)4-11(15)17/h3,5,7H,1-2,4,14H2,(H2,15,17)(H,16,18). The fourth-order valence-electron chi connectivity index (χ4n) is 1.69. The van der Waals surface area contributed by atoms with Gasteiger partial charge in [-0.25, -0.2) is 0 Å². The number of ether oxygens (including phenoxy) is 2. The van der Waals surface area contributed by atoms with E-state index in [0.717, 1.165) is 0 Å². The van der Waals surface area contributed by atoms with Crippen molar-refractivity contribution in [1.82, 2.24) is 0 Å². The number of anilines is 1. The lowest BCUT2D eigenvalue weighted by molar-refractivity contribution is -0.123. The SMILES string of the molecule is NC(=O)CC(N)C(=O)Nc1cc2c(cc1Br)OCCO2. The summed E-state index contributed by atoms with van der Waals surface area (Å²) in [6, 6.07) is 2.34. The first-order chi connectivity index (χ1) is 9.47. The zero-order valence-corrected chi connectivity index (χ0v) is 12.1. The molecule has 5 N–H and O–H groups in total. The number of primary amides is 1. The average Bonchev–Trinajstić information content (AvgIpc) is 2.38. The van der Waals surface area contributed by atoms with E-state index in [4.69, 9.17) is 20.9 Å². The molecule has 8 heteroatoms. The lowest BCUT2D eigenvalue weighted by atomic mass is 10.2. The van der Waals surface area contributed by atoms with Crippen molar-refractivity contribution in [2.24, 2.45) is 11.5 Å². The maximum absolute atomic E-state index is 11.8. The van der Waals surface area contributed by atoms with Crippen LogP contribution in [0, 0.1) is 0 Å². The van der Waals surface area contributed by atoms with Crippen molar-refractivity contribution in [3.05, 3.63) is 16.6 Å². The summed E-state index contributed by atoms with van der Waals surface area (Å²) in [6.07, 6.45) is -0.214. The van der Waals surface area contributed by atoms with Crippen molar-refractivity contribution in [1.29, 1.82) is 0 Å². The summed E-state index contributed by atoms with van der Waals surface area (Å²) in [5.41, 5.74) is 11.1. The highest BCUT2D eigenvalue weighted by Crippen LogP contribution is 2.38. The maximum Gasteiger partial charge on any atom is 0.241 e. The van der Waals surface area contributed by atoms with Gasteiger partial charge in [-0.3, -0.25) is 9.59 Å². The van der Waals surface area contributed by atoms with Gasteiger partial charge in [0.25, 0.3) is 0 Å². The van der Waals surface area contributed by atoms with E-state index in [0.29, 0.717) is 34.9 Å². The van der Waals surface area contributed by atoms with E-state index in [2.05, 4.69) is 21.2 Å². The molecular formula is C12H14BrN3O4. The van der Waals surface area contributed by atoms with Crippen LogP contribution in [0.5, 0.6) is 11.5 Å². The predicted octanol–water partition coefficient (Wildman–Crippen LogP) is 0.361. The minimum atomic E-state index is -0.993. The third-order valence-corrected chi connectivity index (χ3v) is 3.30. The molecule has 1 aliphatic rings. The predicted molar refractivity (Wildman–Crippen MR) is 75.5 cm³/mol. The largest absolute Gasteiger partial charge is 0.486 e. The Hall–Kier alpha value is -1.80. The molecule has 1 unspecified atom stereocenters. The fraction of sp³-hybridized carbons (Fsp3) is 0.333. The summed E-state index contributed by atoms with van der Waals surface area (Å²) in [5.74, 6) is 0.0100. The van der Waals surface area contributed by atoms with E-state index in [9.17, 15) is 9.59 Å². The quantitative estimate of drug-likeness (QED) is 0.729. The maximum atomic E-state index is 11.8. The van der Waals surface area contributed by atoms with Crippen LogP contribution in [0.3, 0.4) is 0 Å². The Morgan fingerprint density at radius 2 is 1.90 bits per heavy atom. The van der Waals surface area contributed by atoms with E-state index < -0.39 is 17.9 Å². The van der Waals surface area contributed by atoms with E-state index in [1.807, 2.05) is 0 Å². The van der Waals surface area contributed by atoms with E-state index >= 15 is 0 Å². The first kappa shape index (κ1) is 14.6. The average molecular weight is 344 g/mol. The Kier molecular flexibility index (Phi) is 4.46. The third kappa shape index (κ3) is 3.40. The molecule has 0 bridgehead atoms. The van der Waals surface area contributed by atoms with Gasteiger partial charge in [-0.15, -0.1) is 0 Å². The molecule has 1 heterocycles. The lowest BCUT2D eigenvalue weighted by Crippen LogP contribution is -2.39. The summed E-state index contributed by atoms with van der Waals surface area (Å²) in [6.45, 7) is 0.928. The van der Waals surface area contributed by atoms with Gasteiger partial charge in [0.05, 0.1) is 18.2 Å². The van der Waals surface area contributed by atoms with Crippen LogP contribution in [0.1, 0.15) is 6.42 Å². The summed E-state index contributed by atoms with van der Waals surface area (Å²) in [7, 11) is 0. The highest BCUT2D eigenvalue weighted by atomic mass is 79.9. The second-order valence-electron chi connectivity index (χ2n) is 4.24. The van der Waals surface area contributed by atoms with Crippen LogP contribution in [-0.2, 0) is 9.59 Å². The molecule has 2 amide bonds. The number of nitrogens with one attached hydrogen (secondary N) is 1. The molecule has 0 saturated carbocycles. The summed E-state index contributed by atoms with van der Waals surface area (Å²) >= 11 is 3.32. The molecule has 1 aliphatic heterocycles. The van der Waals surface area contributed by atoms with Gasteiger partial charge in [0.15, 0.2) is 11.5 Å². The van der Waals surface area contributed by atoms with E-state index in [-0.39, 0.29) is 6.42 Å². The van der Waals surface area contributed by atoms with Crippen LogP contribution in [0.4, 0.5) is 5.69 Å². The number of rotatable bonds is 4. The second-order valence-corrected chi connectivity index (χ2v) is 5.10. The molecule has 20 heavy (non-hydrogen) atoms. The van der Waals surface area contributed by atoms with Gasteiger partial charge in [0.1, 0.15) is 13.2 Å². The molecule has 1 atom stereocenters. The van der Waals surface area contributed by atoms with Crippen LogP contribution < -0.4 is 26.3 Å². The Labute approximate surface area is 123 Å². The molecule has 1 aromatic carbocycles. The minimum Gasteiger partial charge on any atom is -0.486 e. The zero-order chi connectivity index (χ0) is 14.7. The second kappa shape index (κ2) is 6.10. The van der Waals surface area contributed by atoms with Crippen molar-refractivity contribution in [2.45, 2.75) is 12.5 Å². The molecule has 7 nitrogen and oxygen atoms in total. The zero-order valence-electron chi connectivity index (χ0n) is 10.5. The van der Waals surface area contributed by atoms with Crippen LogP contribution in [0.25, 0.3) is 0 Å². The number of hydrogen-bond acceptors (Lipinski definition) is 5. The molecule has 0 saturated heterocycles. The van der Waals surface area contributed by atoms with Crippen LogP contribution >= 0.6 is 15.9 Å². The molecule has 108 valence electrons. The number of amides is 2. The van der Waals surface area contributed by atoms with Gasteiger partial charge < -0.3 is 26.3 Å². The number of nitrogens with two attached hydrogens (primary N) is 2. The van der Waals surface area contributed by atoms with E-state index in [1.165, 1.54) is 0 Å². The van der Waals surface area contributed by atoms with Crippen LogP contribution in [-0.4, -0.2) is 31.1 Å². The van der Waals surface area contributed by atoms with E-state index in [1.54, 1.807) is 12.1 Å². The van der Waals surface area contributed by atoms with Crippen LogP contribution in [0.15, 0.2) is 16.6 Å². The third-order valence-electron chi connectivity index (χ3n) is 2.65. The molecule has 0 spiro atoms. The topological polar surface area (TPSA) is 117 Å². The van der Waals surface area contributed by atoms with Gasteiger partial charge in [-0.2, -0.15) is 0 Å². The fourth-order valence-corrected chi connectivity index (χ4v) is 2.12. The highest BCUT2D eigenvalue weighted by molar-refractivity contribution is 9.10. The number of fused-ring (bicyclic) bond motifs is 1. The van der Waals surface area contributed by atoms with Gasteiger partial charge in [-0.1, -0.05) is 0 Å². The van der Waals surface area contributed by atoms with Gasteiger partial charge in [0, 0.05) is 16.6 Å². The molecule has 0 aliphatic carbocycles. The van der Waals surface area contributed by atoms with Crippen molar-refractivity contribution >= 4 is 33.4 Å². The Morgan fingerprint density at radius 1 is 1.30 bits per heavy atom. The smallest absolute Gasteiger partial charge is 0.241 e. The van der Waals surface area contributed by atoms with Crippen LogP contribution in [0.2, 0.25) is 0 Å². The first-order valence-electron chi connectivity index (χ1n) is 5.91. The number of hydrogen-bond donors (Lipinski definition) is 3. The summed E-state index contributed by atoms with van der Waals surface area (Å²) in [5, 5.41) is 2.61. The molecule has 0 fully saturated rings. The minimum absolute atomic E-state index is 0.214. The number of benzene rings is 1. The Balaban J connectivity index is 2.13. The van der Waals surface area contributed by atoms with Crippen molar-refractivity contribution in [3.8, 4) is 11.5 Å². The summed E-state index contributed by atoms with van der Waals surface area (Å²) < 4.78 is 11.5. The number of halogens is 1. The molecule has 1 aromatic rings. The summed E-state index contributed by atoms with van der Waals surface area (Å²) in [4.78, 5) is 22.6. The number of carbonyl (C=O) groups is 2. The lowest BCUT2D eigenvalue weighted by Gasteiger charge is -2.20. The van der Waals surface area contributed by atoms with Gasteiger partial charge in [-0.05, 0) is 15.9 Å². The number of carbonyl (C=O) groups excluding carboxylic acids is 2. The van der Waals surface area contributed by atoms with Crippen molar-refractivity contribution in [2.75, 3.05) is 18.5 Å². The molecular weight excluding hydrogens is 330 g/mol. The Bertz CT molecular complexity index is 550. The molecule has 2 rings (SSSR count). The van der Waals surface area contributed by atoms with Crippen molar-refractivity contribution < 1.29 is 19.1 Å². The highest BCUT2D eigenvalue weighted by Gasteiger charge is 2.20. The normalized spacial score (nSPS) is 14.5. The Morgan fingerprint density at radius 3 is 2.50 bits per heavy atom. The first-order valence-corrected chi connectivity index (χ1v) is 6.70. The monoisotopic (exact) mass is 343 g/mol. The molecule has 0 radical (unpaired) electrons.